The fraction of sp³-hybridized carbons (Fsp3) is 0.333. The Kier molecular flexibility index (Phi) is 5.51. The fourth-order valence-electron chi connectivity index (χ4n) is 3.34. The highest BCUT2D eigenvalue weighted by molar-refractivity contribution is 6.06. The van der Waals surface area contributed by atoms with E-state index in [1.807, 2.05) is 42.1 Å². The Labute approximate surface area is 174 Å². The quantitative estimate of drug-likeness (QED) is 0.648. The predicted octanol–water partition coefficient (Wildman–Crippen LogP) is 2.60. The number of benzene rings is 1. The second-order valence-corrected chi connectivity index (χ2v) is 7.05. The Bertz CT molecular complexity index is 1070. The van der Waals surface area contributed by atoms with Gasteiger partial charge in [0.2, 0.25) is 6.10 Å². The van der Waals surface area contributed by atoms with E-state index in [0.29, 0.717) is 18.7 Å². The summed E-state index contributed by atoms with van der Waals surface area (Å²) in [6.45, 7) is 5.51. The van der Waals surface area contributed by atoms with Crippen molar-refractivity contribution in [2.45, 2.75) is 39.5 Å². The third-order valence-electron chi connectivity index (χ3n) is 5.12. The van der Waals surface area contributed by atoms with Gasteiger partial charge in [0, 0.05) is 30.4 Å². The molecule has 1 unspecified atom stereocenters. The maximum absolute atomic E-state index is 12.6. The summed E-state index contributed by atoms with van der Waals surface area (Å²) < 4.78 is 8.88. The average molecular weight is 408 g/mol. The molecular formula is C21H24N6O3. The normalized spacial score (nSPS) is 15.6. The molecule has 30 heavy (non-hydrogen) atoms. The molecule has 0 aliphatic carbocycles. The molecule has 1 amide bonds. The summed E-state index contributed by atoms with van der Waals surface area (Å²) in [5, 5.41) is 15.6. The van der Waals surface area contributed by atoms with Gasteiger partial charge in [0.25, 0.3) is 5.91 Å². The monoisotopic (exact) mass is 408 g/mol. The van der Waals surface area contributed by atoms with Crippen LogP contribution in [0.3, 0.4) is 0 Å². The molecule has 0 saturated carbocycles. The van der Waals surface area contributed by atoms with E-state index in [4.69, 9.17) is 9.57 Å². The molecule has 0 fully saturated rings. The molecule has 1 N–H and O–H groups in total. The number of hydrogen-bond donors (Lipinski definition) is 1. The van der Waals surface area contributed by atoms with Crippen molar-refractivity contribution in [3.05, 3.63) is 59.7 Å². The standard InChI is InChI=1S/C21H24N6O3/c1-4-27-14(2)16(10-23-27)12-26-13-17(11-22-26)24-21(28)20-9-19(25-30-20)15-5-7-18(29-3)8-6-15/h5-8,10-11,13,20H,4,9,12H2,1-3H3,(H,24,28). The molecule has 156 valence electrons. The van der Waals surface area contributed by atoms with Crippen LogP contribution >= 0.6 is 0 Å². The van der Waals surface area contributed by atoms with Gasteiger partial charge in [0.1, 0.15) is 5.75 Å². The summed E-state index contributed by atoms with van der Waals surface area (Å²) in [7, 11) is 1.62. The largest absolute Gasteiger partial charge is 0.497 e. The second kappa shape index (κ2) is 8.40. The van der Waals surface area contributed by atoms with Crippen LogP contribution in [0.5, 0.6) is 5.75 Å². The molecule has 1 atom stereocenters. The topological polar surface area (TPSA) is 95.6 Å². The molecule has 9 nitrogen and oxygen atoms in total. The molecule has 2 aromatic heterocycles. The highest BCUT2D eigenvalue weighted by Crippen LogP contribution is 2.20. The lowest BCUT2D eigenvalue weighted by Crippen LogP contribution is -2.27. The number of nitrogens with zero attached hydrogens (tertiary/aromatic N) is 5. The molecular weight excluding hydrogens is 384 g/mol. The first-order chi connectivity index (χ1) is 14.6. The van der Waals surface area contributed by atoms with Crippen molar-refractivity contribution in [2.24, 2.45) is 5.16 Å². The summed E-state index contributed by atoms with van der Waals surface area (Å²) in [6, 6.07) is 7.50. The van der Waals surface area contributed by atoms with E-state index >= 15 is 0 Å². The van der Waals surface area contributed by atoms with Gasteiger partial charge in [-0.25, -0.2) is 0 Å². The van der Waals surface area contributed by atoms with Crippen LogP contribution < -0.4 is 10.1 Å². The van der Waals surface area contributed by atoms with Crippen LogP contribution in [0, 0.1) is 6.92 Å². The fourth-order valence-corrected chi connectivity index (χ4v) is 3.34. The lowest BCUT2D eigenvalue weighted by atomic mass is 10.0. The van der Waals surface area contributed by atoms with Crippen molar-refractivity contribution in [1.29, 1.82) is 0 Å². The summed E-state index contributed by atoms with van der Waals surface area (Å²) in [4.78, 5) is 17.9. The van der Waals surface area contributed by atoms with Crippen LogP contribution in [-0.2, 0) is 22.7 Å². The van der Waals surface area contributed by atoms with Gasteiger partial charge in [-0.1, -0.05) is 5.16 Å². The average Bonchev–Trinajstić information content (AvgIpc) is 3.50. The Morgan fingerprint density at radius 3 is 2.77 bits per heavy atom. The molecule has 1 aliphatic rings. The maximum atomic E-state index is 12.6. The van der Waals surface area contributed by atoms with E-state index < -0.39 is 6.10 Å². The Morgan fingerprint density at radius 2 is 2.07 bits per heavy atom. The van der Waals surface area contributed by atoms with Gasteiger partial charge in [0.05, 0.1) is 37.4 Å². The van der Waals surface area contributed by atoms with Crippen molar-refractivity contribution in [3.8, 4) is 5.75 Å². The third kappa shape index (κ3) is 4.05. The zero-order valence-electron chi connectivity index (χ0n) is 17.2. The van der Waals surface area contributed by atoms with Crippen LogP contribution in [-0.4, -0.2) is 44.4 Å². The number of aryl methyl sites for hydroxylation is 1. The lowest BCUT2D eigenvalue weighted by Gasteiger charge is -2.08. The molecule has 1 aliphatic heterocycles. The van der Waals surface area contributed by atoms with Gasteiger partial charge in [-0.05, 0) is 43.7 Å². The highest BCUT2D eigenvalue weighted by atomic mass is 16.6. The third-order valence-corrected chi connectivity index (χ3v) is 5.12. The van der Waals surface area contributed by atoms with Crippen LogP contribution in [0.1, 0.15) is 30.2 Å². The number of hydrogen-bond acceptors (Lipinski definition) is 6. The minimum atomic E-state index is -0.671. The number of amides is 1. The van der Waals surface area contributed by atoms with Gasteiger partial charge >= 0.3 is 0 Å². The summed E-state index contributed by atoms with van der Waals surface area (Å²) in [6.07, 6.45) is 5.00. The number of rotatable bonds is 7. The van der Waals surface area contributed by atoms with E-state index in [9.17, 15) is 4.79 Å². The number of nitrogens with one attached hydrogen (secondary N) is 1. The molecule has 0 spiro atoms. The molecule has 0 bridgehead atoms. The van der Waals surface area contributed by atoms with Crippen molar-refractivity contribution in [1.82, 2.24) is 19.6 Å². The Balaban J connectivity index is 1.34. The molecule has 4 rings (SSSR count). The van der Waals surface area contributed by atoms with E-state index in [1.54, 1.807) is 24.2 Å². The minimum absolute atomic E-state index is 0.253. The molecule has 1 aromatic carbocycles. The zero-order valence-corrected chi connectivity index (χ0v) is 17.2. The predicted molar refractivity (Wildman–Crippen MR) is 112 cm³/mol. The molecule has 0 saturated heterocycles. The number of oxime groups is 1. The first-order valence-corrected chi connectivity index (χ1v) is 9.79. The van der Waals surface area contributed by atoms with Crippen LogP contribution in [0.15, 0.2) is 48.0 Å². The Hall–Kier alpha value is -3.62. The number of methoxy groups -OCH3 is 1. The smallest absolute Gasteiger partial charge is 0.268 e. The van der Waals surface area contributed by atoms with Gasteiger partial charge in [-0.2, -0.15) is 10.2 Å². The number of aromatic nitrogens is 4. The van der Waals surface area contributed by atoms with Gasteiger partial charge in [0.15, 0.2) is 0 Å². The number of anilines is 1. The van der Waals surface area contributed by atoms with Crippen LogP contribution in [0.4, 0.5) is 5.69 Å². The first kappa shape index (κ1) is 19.7. The second-order valence-electron chi connectivity index (χ2n) is 7.05. The number of carbonyl (C=O) groups is 1. The van der Waals surface area contributed by atoms with Gasteiger partial charge in [-0.3, -0.25) is 14.2 Å². The SMILES string of the molecule is CCn1ncc(Cn2cc(NC(=O)C3CC(c4ccc(OC)cc4)=NO3)cn2)c1C. The minimum Gasteiger partial charge on any atom is -0.497 e. The molecule has 0 radical (unpaired) electrons. The van der Waals surface area contributed by atoms with E-state index in [0.717, 1.165) is 34.8 Å². The van der Waals surface area contributed by atoms with Crippen LogP contribution in [0.2, 0.25) is 0 Å². The number of ether oxygens (including phenoxy) is 1. The first-order valence-electron chi connectivity index (χ1n) is 9.79. The van der Waals surface area contributed by atoms with Crippen molar-refractivity contribution in [2.75, 3.05) is 12.4 Å². The van der Waals surface area contributed by atoms with Crippen molar-refractivity contribution < 1.29 is 14.4 Å². The van der Waals surface area contributed by atoms with E-state index in [1.165, 1.54) is 0 Å². The molecule has 3 heterocycles. The Morgan fingerprint density at radius 1 is 1.27 bits per heavy atom. The van der Waals surface area contributed by atoms with Gasteiger partial charge in [-0.15, -0.1) is 0 Å². The van der Waals surface area contributed by atoms with E-state index in [2.05, 4.69) is 27.6 Å². The van der Waals surface area contributed by atoms with Gasteiger partial charge < -0.3 is 14.9 Å². The van der Waals surface area contributed by atoms with Crippen LogP contribution in [0.25, 0.3) is 0 Å². The maximum Gasteiger partial charge on any atom is 0.268 e. The molecule has 9 heteroatoms. The zero-order chi connectivity index (χ0) is 21.1. The molecule has 3 aromatic rings. The highest BCUT2D eigenvalue weighted by Gasteiger charge is 2.29. The van der Waals surface area contributed by atoms with Crippen molar-refractivity contribution in [3.63, 3.8) is 0 Å². The summed E-state index contributed by atoms with van der Waals surface area (Å²) in [5.74, 6) is 0.513. The summed E-state index contributed by atoms with van der Waals surface area (Å²) >= 11 is 0. The number of carbonyl (C=O) groups excluding carboxylic acids is 1. The summed E-state index contributed by atoms with van der Waals surface area (Å²) in [5.41, 5.74) is 4.46. The van der Waals surface area contributed by atoms with E-state index in [-0.39, 0.29) is 5.91 Å². The van der Waals surface area contributed by atoms with Crippen molar-refractivity contribution >= 4 is 17.3 Å². The lowest BCUT2D eigenvalue weighted by molar-refractivity contribution is -0.125.